The maximum Gasteiger partial charge on any atom is 0.272 e. The highest BCUT2D eigenvalue weighted by Crippen LogP contribution is 2.21. The van der Waals surface area contributed by atoms with E-state index in [9.17, 15) is 9.90 Å². The molecule has 0 fully saturated rings. The van der Waals surface area contributed by atoms with Crippen molar-refractivity contribution in [3.8, 4) is 5.75 Å². The second-order valence-corrected chi connectivity index (χ2v) is 4.93. The molecule has 2 aromatic carbocycles. The highest BCUT2D eigenvalue weighted by atomic mass is 35.5. The number of hydrogen-bond donors (Lipinski definition) is 2. The van der Waals surface area contributed by atoms with Crippen LogP contribution in [0.5, 0.6) is 5.75 Å². The zero-order chi connectivity index (χ0) is 15.9. The van der Waals surface area contributed by atoms with E-state index in [2.05, 4.69) is 17.1 Å². The lowest BCUT2D eigenvalue weighted by atomic mass is 10.1. The number of nitrogens with one attached hydrogen (secondary N) is 1. The molecule has 5 heteroatoms. The van der Waals surface area contributed by atoms with Crippen molar-refractivity contribution in [2.45, 2.75) is 6.42 Å². The Morgan fingerprint density at radius 2 is 2.05 bits per heavy atom. The van der Waals surface area contributed by atoms with E-state index in [0.717, 1.165) is 5.56 Å². The standard InChI is InChI=1S/C17H15ClN2O2/c1-2-6-12-7-5-8-13(16(12)21)11-19-20-17(22)14-9-3-4-10-15(14)18/h2-5,7-11,21H,1,6H2,(H,20,22). The Morgan fingerprint density at radius 1 is 1.27 bits per heavy atom. The molecule has 0 aromatic heterocycles. The highest BCUT2D eigenvalue weighted by Gasteiger charge is 2.08. The number of hydrogen-bond acceptors (Lipinski definition) is 3. The van der Waals surface area contributed by atoms with Gasteiger partial charge in [0.25, 0.3) is 5.91 Å². The summed E-state index contributed by atoms with van der Waals surface area (Å²) in [7, 11) is 0. The molecule has 2 rings (SSSR count). The molecule has 0 saturated heterocycles. The van der Waals surface area contributed by atoms with Crippen LogP contribution in [0.4, 0.5) is 0 Å². The Bertz CT molecular complexity index is 726. The molecule has 0 aliphatic rings. The number of aromatic hydroxyl groups is 1. The van der Waals surface area contributed by atoms with Crippen LogP contribution >= 0.6 is 11.6 Å². The molecular weight excluding hydrogens is 300 g/mol. The van der Waals surface area contributed by atoms with E-state index >= 15 is 0 Å². The van der Waals surface area contributed by atoms with Gasteiger partial charge in [0, 0.05) is 5.56 Å². The lowest BCUT2D eigenvalue weighted by Gasteiger charge is -2.05. The maximum atomic E-state index is 11.9. The third-order valence-electron chi connectivity index (χ3n) is 3.00. The molecule has 0 radical (unpaired) electrons. The van der Waals surface area contributed by atoms with Crippen molar-refractivity contribution >= 4 is 23.7 Å². The van der Waals surface area contributed by atoms with Crippen molar-refractivity contribution in [1.29, 1.82) is 0 Å². The molecular formula is C17H15ClN2O2. The van der Waals surface area contributed by atoms with Gasteiger partial charge in [0.05, 0.1) is 16.8 Å². The van der Waals surface area contributed by atoms with Crippen LogP contribution in [0.2, 0.25) is 5.02 Å². The van der Waals surface area contributed by atoms with Gasteiger partial charge in [0.15, 0.2) is 0 Å². The number of amides is 1. The summed E-state index contributed by atoms with van der Waals surface area (Å²) in [5.41, 5.74) is 3.98. The maximum absolute atomic E-state index is 11.9. The van der Waals surface area contributed by atoms with Gasteiger partial charge in [0.2, 0.25) is 0 Å². The van der Waals surface area contributed by atoms with Crippen molar-refractivity contribution in [2.75, 3.05) is 0 Å². The molecule has 0 unspecified atom stereocenters. The SMILES string of the molecule is C=CCc1cccc(C=NNC(=O)c2ccccc2Cl)c1O. The Hall–Kier alpha value is -2.59. The second-order valence-electron chi connectivity index (χ2n) is 4.53. The van der Waals surface area contributed by atoms with Gasteiger partial charge in [-0.1, -0.05) is 41.9 Å². The molecule has 22 heavy (non-hydrogen) atoms. The minimum Gasteiger partial charge on any atom is -0.507 e. The Morgan fingerprint density at radius 3 is 2.77 bits per heavy atom. The first kappa shape index (κ1) is 15.8. The van der Waals surface area contributed by atoms with Gasteiger partial charge < -0.3 is 5.11 Å². The molecule has 0 atom stereocenters. The minimum atomic E-state index is -0.413. The molecule has 2 aromatic rings. The summed E-state index contributed by atoms with van der Waals surface area (Å²) in [5.74, 6) is -0.290. The number of phenolic OH excluding ortho intramolecular Hbond substituents is 1. The fourth-order valence-corrected chi connectivity index (χ4v) is 2.12. The van der Waals surface area contributed by atoms with Crippen molar-refractivity contribution in [2.24, 2.45) is 5.10 Å². The predicted molar refractivity (Wildman–Crippen MR) is 88.5 cm³/mol. The summed E-state index contributed by atoms with van der Waals surface area (Å²) in [6.45, 7) is 3.64. The number of halogens is 1. The van der Waals surface area contributed by atoms with Crippen LogP contribution < -0.4 is 5.43 Å². The molecule has 0 saturated carbocycles. The number of carbonyl (C=O) groups excluding carboxylic acids is 1. The van der Waals surface area contributed by atoms with Gasteiger partial charge in [-0.2, -0.15) is 5.10 Å². The topological polar surface area (TPSA) is 61.7 Å². The number of hydrazone groups is 1. The monoisotopic (exact) mass is 314 g/mol. The van der Waals surface area contributed by atoms with Crippen LogP contribution in [-0.2, 0) is 6.42 Å². The van der Waals surface area contributed by atoms with Gasteiger partial charge in [-0.25, -0.2) is 5.43 Å². The second kappa shape index (κ2) is 7.43. The number of carbonyl (C=O) groups is 1. The molecule has 4 nitrogen and oxygen atoms in total. The smallest absolute Gasteiger partial charge is 0.272 e. The fourth-order valence-electron chi connectivity index (χ4n) is 1.90. The van der Waals surface area contributed by atoms with Crippen molar-refractivity contribution in [3.05, 3.63) is 76.8 Å². The number of nitrogens with zero attached hydrogens (tertiary/aromatic N) is 1. The van der Waals surface area contributed by atoms with E-state index in [0.29, 0.717) is 22.6 Å². The molecule has 0 spiro atoms. The minimum absolute atomic E-state index is 0.123. The first-order chi connectivity index (χ1) is 10.6. The zero-order valence-corrected chi connectivity index (χ0v) is 12.5. The summed E-state index contributed by atoms with van der Waals surface area (Å²) in [4.78, 5) is 11.9. The first-order valence-electron chi connectivity index (χ1n) is 6.63. The van der Waals surface area contributed by atoms with E-state index in [1.807, 2.05) is 0 Å². The summed E-state index contributed by atoms with van der Waals surface area (Å²) < 4.78 is 0. The van der Waals surface area contributed by atoms with Crippen LogP contribution in [0.1, 0.15) is 21.5 Å². The number of para-hydroxylation sites is 1. The Labute approximate surface area is 133 Å². The third kappa shape index (κ3) is 3.74. The lowest BCUT2D eigenvalue weighted by molar-refractivity contribution is 0.0955. The Balaban J connectivity index is 2.10. The quantitative estimate of drug-likeness (QED) is 0.504. The van der Waals surface area contributed by atoms with Crippen LogP contribution in [-0.4, -0.2) is 17.2 Å². The third-order valence-corrected chi connectivity index (χ3v) is 3.33. The van der Waals surface area contributed by atoms with E-state index in [1.54, 1.807) is 48.5 Å². The first-order valence-corrected chi connectivity index (χ1v) is 7.01. The number of benzene rings is 2. The summed E-state index contributed by atoms with van der Waals surface area (Å²) in [6.07, 6.45) is 3.64. The van der Waals surface area contributed by atoms with Crippen LogP contribution in [0.25, 0.3) is 0 Å². The van der Waals surface area contributed by atoms with E-state index < -0.39 is 5.91 Å². The molecule has 0 aliphatic heterocycles. The highest BCUT2D eigenvalue weighted by molar-refractivity contribution is 6.33. The van der Waals surface area contributed by atoms with Gasteiger partial charge in [-0.15, -0.1) is 6.58 Å². The predicted octanol–water partition coefficient (Wildman–Crippen LogP) is 3.54. The average molecular weight is 315 g/mol. The van der Waals surface area contributed by atoms with Gasteiger partial charge in [0.1, 0.15) is 5.75 Å². The van der Waals surface area contributed by atoms with Gasteiger partial charge in [-0.05, 0) is 30.2 Å². The van der Waals surface area contributed by atoms with Crippen molar-refractivity contribution in [3.63, 3.8) is 0 Å². The molecule has 0 heterocycles. The van der Waals surface area contributed by atoms with Crippen molar-refractivity contribution < 1.29 is 9.90 Å². The normalized spacial score (nSPS) is 10.6. The van der Waals surface area contributed by atoms with Gasteiger partial charge >= 0.3 is 0 Å². The fraction of sp³-hybridized carbons (Fsp3) is 0.0588. The number of allylic oxidation sites excluding steroid dienone is 1. The molecule has 112 valence electrons. The molecule has 0 bridgehead atoms. The number of phenols is 1. The Kier molecular flexibility index (Phi) is 5.33. The molecule has 1 amide bonds. The number of rotatable bonds is 5. The molecule has 0 aliphatic carbocycles. The van der Waals surface area contributed by atoms with Crippen molar-refractivity contribution in [1.82, 2.24) is 5.43 Å². The summed E-state index contributed by atoms with van der Waals surface area (Å²) in [5, 5.41) is 14.3. The average Bonchev–Trinajstić information content (AvgIpc) is 2.51. The molecule has 2 N–H and O–H groups in total. The summed E-state index contributed by atoms with van der Waals surface area (Å²) in [6, 6.07) is 12.0. The van der Waals surface area contributed by atoms with E-state index in [-0.39, 0.29) is 5.75 Å². The largest absolute Gasteiger partial charge is 0.507 e. The lowest BCUT2D eigenvalue weighted by Crippen LogP contribution is -2.17. The summed E-state index contributed by atoms with van der Waals surface area (Å²) >= 11 is 5.93. The van der Waals surface area contributed by atoms with Crippen LogP contribution in [0.3, 0.4) is 0 Å². The van der Waals surface area contributed by atoms with Gasteiger partial charge in [-0.3, -0.25) is 4.79 Å². The van der Waals surface area contributed by atoms with E-state index in [4.69, 9.17) is 11.6 Å². The van der Waals surface area contributed by atoms with Crippen LogP contribution in [0, 0.1) is 0 Å². The van der Waals surface area contributed by atoms with E-state index in [1.165, 1.54) is 6.21 Å². The zero-order valence-electron chi connectivity index (χ0n) is 11.8. The van der Waals surface area contributed by atoms with Crippen LogP contribution in [0.15, 0.2) is 60.2 Å².